The van der Waals surface area contributed by atoms with Crippen molar-refractivity contribution in [1.82, 2.24) is 14.8 Å². The van der Waals surface area contributed by atoms with Crippen LogP contribution in [-0.4, -0.2) is 14.8 Å². The Labute approximate surface area is 112 Å². The van der Waals surface area contributed by atoms with Gasteiger partial charge in [0, 0.05) is 6.54 Å². The largest absolute Gasteiger partial charge is 0.343 e. The van der Waals surface area contributed by atoms with Crippen molar-refractivity contribution in [2.75, 3.05) is 0 Å². The van der Waals surface area contributed by atoms with E-state index in [4.69, 9.17) is 5.73 Å². The van der Waals surface area contributed by atoms with Crippen molar-refractivity contribution < 1.29 is 0 Å². The molecule has 1 aromatic heterocycles. The maximum Gasteiger partial charge on any atom is 0.343 e. The molecule has 4 bridgehead atoms. The van der Waals surface area contributed by atoms with E-state index in [1.54, 1.807) is 4.68 Å². The molecule has 5 heteroatoms. The van der Waals surface area contributed by atoms with Crippen LogP contribution in [0.25, 0.3) is 0 Å². The Balaban J connectivity index is 1.56. The third-order valence-electron chi connectivity index (χ3n) is 5.73. The number of H-pyrrole nitrogens is 1. The minimum absolute atomic E-state index is 0.0887. The molecule has 0 atom stereocenters. The first kappa shape index (κ1) is 11.7. The second kappa shape index (κ2) is 4.20. The minimum atomic E-state index is -0.0887. The molecule has 1 aromatic rings. The van der Waals surface area contributed by atoms with Crippen LogP contribution >= 0.6 is 0 Å². The fourth-order valence-corrected chi connectivity index (χ4v) is 5.16. The van der Waals surface area contributed by atoms with E-state index < -0.39 is 0 Å². The summed E-state index contributed by atoms with van der Waals surface area (Å²) in [5, 5.41) is 4.30. The first-order valence-electron chi connectivity index (χ1n) is 7.59. The van der Waals surface area contributed by atoms with Crippen molar-refractivity contribution in [2.24, 2.45) is 35.3 Å². The molecule has 4 aliphatic carbocycles. The average Bonchev–Trinajstić information content (AvgIpc) is 2.74. The van der Waals surface area contributed by atoms with Gasteiger partial charge in [-0.25, -0.2) is 9.48 Å². The lowest BCUT2D eigenvalue weighted by Crippen LogP contribution is -2.47. The van der Waals surface area contributed by atoms with Gasteiger partial charge in [0.25, 0.3) is 0 Å². The Kier molecular flexibility index (Phi) is 2.59. The van der Waals surface area contributed by atoms with E-state index in [0.717, 1.165) is 30.2 Å². The topological polar surface area (TPSA) is 76.7 Å². The molecule has 104 valence electrons. The van der Waals surface area contributed by atoms with Gasteiger partial charge in [-0.2, -0.15) is 5.10 Å². The van der Waals surface area contributed by atoms with Crippen LogP contribution in [0.4, 0.5) is 0 Å². The number of nitrogens with zero attached hydrogens (tertiary/aromatic N) is 2. The number of aromatic nitrogens is 3. The molecule has 0 saturated heterocycles. The molecule has 3 N–H and O–H groups in total. The van der Waals surface area contributed by atoms with Crippen LogP contribution in [-0.2, 0) is 13.1 Å². The minimum Gasteiger partial charge on any atom is -0.324 e. The predicted octanol–water partition coefficient (Wildman–Crippen LogP) is 1.10. The Morgan fingerprint density at radius 1 is 1.16 bits per heavy atom. The summed E-state index contributed by atoms with van der Waals surface area (Å²) in [7, 11) is 0. The maximum atomic E-state index is 11.9. The number of hydrogen-bond acceptors (Lipinski definition) is 3. The summed E-state index contributed by atoms with van der Waals surface area (Å²) in [6.45, 7) is 1.11. The van der Waals surface area contributed by atoms with E-state index in [9.17, 15) is 4.79 Å². The lowest BCUT2D eigenvalue weighted by molar-refractivity contribution is -0.0446. The highest BCUT2D eigenvalue weighted by atomic mass is 16.1. The highest BCUT2D eigenvalue weighted by Crippen LogP contribution is 2.56. The molecule has 19 heavy (non-hydrogen) atoms. The van der Waals surface area contributed by atoms with E-state index in [1.807, 2.05) is 0 Å². The molecule has 5 nitrogen and oxygen atoms in total. The second-order valence-corrected chi connectivity index (χ2v) is 6.86. The normalized spacial score (nSPS) is 39.9. The van der Waals surface area contributed by atoms with Crippen LogP contribution in [0.5, 0.6) is 0 Å². The van der Waals surface area contributed by atoms with E-state index in [2.05, 4.69) is 10.1 Å². The van der Waals surface area contributed by atoms with Crippen molar-refractivity contribution in [3.05, 3.63) is 16.3 Å². The van der Waals surface area contributed by atoms with Crippen molar-refractivity contribution in [3.63, 3.8) is 0 Å². The van der Waals surface area contributed by atoms with E-state index >= 15 is 0 Å². The van der Waals surface area contributed by atoms with Gasteiger partial charge in [-0.3, -0.25) is 4.98 Å². The molecule has 4 fully saturated rings. The number of rotatable bonds is 3. The Hall–Kier alpha value is -1.10. The predicted molar refractivity (Wildman–Crippen MR) is 71.3 cm³/mol. The van der Waals surface area contributed by atoms with Crippen molar-refractivity contribution in [2.45, 2.75) is 45.2 Å². The monoisotopic (exact) mass is 262 g/mol. The summed E-state index contributed by atoms with van der Waals surface area (Å²) in [6.07, 6.45) is 7.03. The highest BCUT2D eigenvalue weighted by molar-refractivity contribution is 4.98. The van der Waals surface area contributed by atoms with Gasteiger partial charge in [-0.1, -0.05) is 0 Å². The molecule has 0 unspecified atom stereocenters. The van der Waals surface area contributed by atoms with Gasteiger partial charge < -0.3 is 5.73 Å². The molecule has 4 aliphatic rings. The SMILES string of the molecule is NCc1nn(CC2C3CC4CC(C3)CC2C4)c(=O)[nH]1. The highest BCUT2D eigenvalue weighted by Gasteiger charge is 2.48. The van der Waals surface area contributed by atoms with Gasteiger partial charge in [-0.05, 0) is 61.7 Å². The zero-order valence-corrected chi connectivity index (χ0v) is 11.2. The molecule has 0 spiro atoms. The fourth-order valence-electron chi connectivity index (χ4n) is 5.16. The number of nitrogens with one attached hydrogen (secondary N) is 1. The summed E-state index contributed by atoms with van der Waals surface area (Å²) < 4.78 is 1.62. The zero-order valence-electron chi connectivity index (χ0n) is 11.2. The molecule has 0 aliphatic heterocycles. The zero-order chi connectivity index (χ0) is 13.0. The fraction of sp³-hybridized carbons (Fsp3) is 0.857. The number of aromatic amines is 1. The van der Waals surface area contributed by atoms with Gasteiger partial charge >= 0.3 is 5.69 Å². The second-order valence-electron chi connectivity index (χ2n) is 6.86. The molecule has 0 amide bonds. The standard InChI is InChI=1S/C14H22N4O/c15-6-13-16-14(19)18(17-13)7-12-10-2-8-1-9(4-10)5-11(12)3-8/h8-12H,1-7,15H2,(H,16,17,19). The third-order valence-corrected chi connectivity index (χ3v) is 5.73. The van der Waals surface area contributed by atoms with Gasteiger partial charge in [-0.15, -0.1) is 0 Å². The van der Waals surface area contributed by atoms with Crippen molar-refractivity contribution >= 4 is 0 Å². The number of nitrogens with two attached hydrogens (primary N) is 1. The first-order chi connectivity index (χ1) is 9.22. The first-order valence-corrected chi connectivity index (χ1v) is 7.59. The summed E-state index contributed by atoms with van der Waals surface area (Å²) in [5.74, 6) is 4.90. The third kappa shape index (κ3) is 1.86. The Bertz CT molecular complexity index is 504. The average molecular weight is 262 g/mol. The molecule has 4 saturated carbocycles. The Morgan fingerprint density at radius 3 is 2.32 bits per heavy atom. The molecule has 0 aromatic carbocycles. The summed E-state index contributed by atoms with van der Waals surface area (Å²) in [4.78, 5) is 14.6. The van der Waals surface area contributed by atoms with Crippen LogP contribution in [0.1, 0.15) is 37.9 Å². The van der Waals surface area contributed by atoms with Crippen molar-refractivity contribution in [1.29, 1.82) is 0 Å². The summed E-state index contributed by atoms with van der Waals surface area (Å²) in [6, 6.07) is 0. The van der Waals surface area contributed by atoms with Crippen molar-refractivity contribution in [3.8, 4) is 0 Å². The lowest BCUT2D eigenvalue weighted by atomic mass is 9.52. The molecule has 0 radical (unpaired) electrons. The molecule has 1 heterocycles. The van der Waals surface area contributed by atoms with Crippen LogP contribution < -0.4 is 11.4 Å². The number of hydrogen-bond donors (Lipinski definition) is 2. The Morgan fingerprint density at radius 2 is 1.79 bits per heavy atom. The van der Waals surface area contributed by atoms with Crippen LogP contribution in [0.3, 0.4) is 0 Å². The van der Waals surface area contributed by atoms with E-state index in [0.29, 0.717) is 18.3 Å². The summed E-state index contributed by atoms with van der Waals surface area (Å²) >= 11 is 0. The summed E-state index contributed by atoms with van der Waals surface area (Å²) in [5.41, 5.74) is 5.45. The van der Waals surface area contributed by atoms with Crippen LogP contribution in [0, 0.1) is 29.6 Å². The van der Waals surface area contributed by atoms with E-state index in [1.165, 1.54) is 32.1 Å². The quantitative estimate of drug-likeness (QED) is 0.856. The smallest absolute Gasteiger partial charge is 0.324 e. The van der Waals surface area contributed by atoms with Crippen LogP contribution in [0.15, 0.2) is 4.79 Å². The lowest BCUT2D eigenvalue weighted by Gasteiger charge is -2.54. The molecular formula is C14H22N4O. The molecule has 5 rings (SSSR count). The van der Waals surface area contributed by atoms with E-state index in [-0.39, 0.29) is 5.69 Å². The maximum absolute atomic E-state index is 11.9. The molecular weight excluding hydrogens is 240 g/mol. The van der Waals surface area contributed by atoms with Gasteiger partial charge in [0.2, 0.25) is 0 Å². The van der Waals surface area contributed by atoms with Crippen LogP contribution in [0.2, 0.25) is 0 Å². The van der Waals surface area contributed by atoms with Gasteiger partial charge in [0.05, 0.1) is 6.54 Å². The van der Waals surface area contributed by atoms with Gasteiger partial charge in [0.15, 0.2) is 0 Å². The van der Waals surface area contributed by atoms with Gasteiger partial charge in [0.1, 0.15) is 5.82 Å².